The number of rotatable bonds is 9. The third kappa shape index (κ3) is 6.19. The zero-order valence-corrected chi connectivity index (χ0v) is 24.9. The summed E-state index contributed by atoms with van der Waals surface area (Å²) in [4.78, 5) is 26.0. The van der Waals surface area contributed by atoms with Crippen molar-refractivity contribution in [3.8, 4) is 17.0 Å². The number of ether oxygens (including phenoxy) is 1. The highest BCUT2D eigenvalue weighted by molar-refractivity contribution is 7.14. The number of carboxylic acid groups (broad SMARTS) is 1. The molecular weight excluding hydrogens is 532 g/mol. The number of anilines is 1. The molecule has 3 fully saturated rings. The van der Waals surface area contributed by atoms with Crippen molar-refractivity contribution < 1.29 is 14.6 Å². The molecule has 1 aromatic heterocycles. The van der Waals surface area contributed by atoms with E-state index in [9.17, 15) is 9.90 Å². The van der Waals surface area contributed by atoms with Gasteiger partial charge in [0, 0.05) is 43.8 Å². The highest BCUT2D eigenvalue weighted by Crippen LogP contribution is 2.44. The molecule has 1 saturated carbocycles. The van der Waals surface area contributed by atoms with Gasteiger partial charge in [0.15, 0.2) is 5.13 Å². The molecule has 8 heteroatoms. The average molecular weight is 573 g/mol. The number of aliphatic imine (C=N–C) groups is 1. The molecule has 3 aliphatic rings. The molecule has 3 heterocycles. The van der Waals surface area contributed by atoms with E-state index in [0.717, 1.165) is 71.3 Å². The first-order valence-electron chi connectivity index (χ1n) is 14.9. The van der Waals surface area contributed by atoms with Gasteiger partial charge in [-0.2, -0.15) is 0 Å². The van der Waals surface area contributed by atoms with Crippen LogP contribution in [0.1, 0.15) is 54.4 Å². The fourth-order valence-corrected chi connectivity index (χ4v) is 7.80. The summed E-state index contributed by atoms with van der Waals surface area (Å²) in [5.41, 5.74) is 6.58. The Morgan fingerprint density at radius 3 is 2.63 bits per heavy atom. The van der Waals surface area contributed by atoms with E-state index >= 15 is 0 Å². The van der Waals surface area contributed by atoms with Gasteiger partial charge in [-0.25, -0.2) is 4.98 Å². The molecule has 0 spiro atoms. The lowest BCUT2D eigenvalue weighted by molar-refractivity contribution is -0.144. The fraction of sp³-hybridized carbons (Fsp3) is 0.485. The van der Waals surface area contributed by atoms with Crippen molar-refractivity contribution >= 4 is 28.7 Å². The minimum Gasteiger partial charge on any atom is -0.488 e. The Morgan fingerprint density at radius 1 is 1.12 bits per heavy atom. The second-order valence-electron chi connectivity index (χ2n) is 11.9. The lowest BCUT2D eigenvalue weighted by atomic mass is 9.85. The van der Waals surface area contributed by atoms with Crippen molar-refractivity contribution in [3.63, 3.8) is 0 Å². The van der Waals surface area contributed by atoms with Crippen LogP contribution in [0.25, 0.3) is 11.3 Å². The molecule has 0 amide bonds. The largest absolute Gasteiger partial charge is 0.488 e. The molecule has 6 rings (SSSR count). The van der Waals surface area contributed by atoms with Crippen LogP contribution in [-0.4, -0.2) is 60.4 Å². The van der Waals surface area contributed by atoms with Gasteiger partial charge in [-0.1, -0.05) is 30.2 Å². The number of aryl methyl sites for hydroxylation is 1. The molecule has 2 aromatic carbocycles. The number of thiazole rings is 1. The molecule has 2 bridgehead atoms. The molecule has 216 valence electrons. The minimum atomic E-state index is -0.636. The highest BCUT2D eigenvalue weighted by atomic mass is 32.1. The number of hydrogen-bond acceptors (Lipinski definition) is 7. The van der Waals surface area contributed by atoms with Gasteiger partial charge in [-0.15, -0.1) is 11.3 Å². The van der Waals surface area contributed by atoms with Gasteiger partial charge in [-0.05, 0) is 92.4 Å². The number of aliphatic carboxylic acids is 1. The zero-order valence-electron chi connectivity index (χ0n) is 24.1. The van der Waals surface area contributed by atoms with Crippen molar-refractivity contribution in [2.45, 2.75) is 52.2 Å². The highest BCUT2D eigenvalue weighted by Gasteiger charge is 2.46. The van der Waals surface area contributed by atoms with Gasteiger partial charge in [0.25, 0.3) is 0 Å². The molecule has 0 radical (unpaired) electrons. The normalized spacial score (nSPS) is 22.9. The van der Waals surface area contributed by atoms with E-state index in [1.807, 2.05) is 19.3 Å². The van der Waals surface area contributed by atoms with Crippen LogP contribution in [0.15, 0.2) is 46.8 Å². The van der Waals surface area contributed by atoms with E-state index in [1.165, 1.54) is 37.9 Å². The molecular formula is C33H40N4O3S. The Morgan fingerprint density at radius 2 is 1.90 bits per heavy atom. The molecule has 41 heavy (non-hydrogen) atoms. The topological polar surface area (TPSA) is 78.3 Å². The number of likely N-dealkylation sites (tertiary alicyclic amines) is 1. The van der Waals surface area contributed by atoms with Crippen LogP contribution < -0.4 is 9.64 Å². The molecule has 2 saturated heterocycles. The predicted molar refractivity (Wildman–Crippen MR) is 165 cm³/mol. The number of hydrogen-bond donors (Lipinski definition) is 1. The molecule has 0 unspecified atom stereocenters. The first kappa shape index (κ1) is 27.9. The SMILES string of the molecule is C/N=C\c1cc(CN2CCCCC2)ccc1COc1ccc(C)cc1-c1csc(N2C[C@H]3CC[C@@H](C2)[C@H]3C(=O)O)n1. The van der Waals surface area contributed by atoms with Crippen molar-refractivity contribution in [1.82, 2.24) is 9.88 Å². The summed E-state index contributed by atoms with van der Waals surface area (Å²) in [6, 6.07) is 12.9. The summed E-state index contributed by atoms with van der Waals surface area (Å²) in [6.07, 6.45) is 7.85. The number of benzene rings is 2. The van der Waals surface area contributed by atoms with E-state index in [4.69, 9.17) is 9.72 Å². The van der Waals surface area contributed by atoms with E-state index < -0.39 is 5.97 Å². The molecule has 1 N–H and O–H groups in total. The van der Waals surface area contributed by atoms with Gasteiger partial charge < -0.3 is 14.7 Å². The first-order chi connectivity index (χ1) is 20.0. The molecule has 2 aliphatic heterocycles. The number of nitrogens with zero attached hydrogens (tertiary/aromatic N) is 4. The standard InChI is InChI=1S/C33H40N4O3S/c1-22-6-11-30(40-20-26-8-7-23(15-27(26)16-34-2)17-36-12-4-3-5-13-36)28(14-22)29-21-41-33(35-29)37-18-24-9-10-25(19-37)31(24)32(38)39/h6-8,11,14-16,21,24-25,31H,3-5,9-10,12-13,17-20H2,1-2H3,(H,38,39)/b34-16-/t24-,25+,31+. The minimum absolute atomic E-state index is 0.205. The predicted octanol–water partition coefficient (Wildman–Crippen LogP) is 6.28. The third-order valence-electron chi connectivity index (χ3n) is 9.01. The smallest absolute Gasteiger partial charge is 0.307 e. The van der Waals surface area contributed by atoms with E-state index in [2.05, 4.69) is 57.4 Å². The molecule has 7 nitrogen and oxygen atoms in total. The van der Waals surface area contributed by atoms with Gasteiger partial charge >= 0.3 is 5.97 Å². The van der Waals surface area contributed by atoms with Crippen LogP contribution >= 0.6 is 11.3 Å². The van der Waals surface area contributed by atoms with Crippen molar-refractivity contribution in [1.29, 1.82) is 0 Å². The monoisotopic (exact) mass is 572 g/mol. The summed E-state index contributed by atoms with van der Waals surface area (Å²) in [6.45, 7) is 7.42. The van der Waals surface area contributed by atoms with Crippen LogP contribution in [-0.2, 0) is 17.9 Å². The maximum atomic E-state index is 11.8. The second kappa shape index (κ2) is 12.3. The maximum Gasteiger partial charge on any atom is 0.307 e. The lowest BCUT2D eigenvalue weighted by Gasteiger charge is -2.35. The van der Waals surface area contributed by atoms with Crippen LogP contribution in [0.3, 0.4) is 0 Å². The number of piperidine rings is 2. The van der Waals surface area contributed by atoms with E-state index in [1.54, 1.807) is 11.3 Å². The van der Waals surface area contributed by atoms with Crippen molar-refractivity contribution in [2.24, 2.45) is 22.7 Å². The average Bonchev–Trinajstić information content (AvgIpc) is 3.57. The van der Waals surface area contributed by atoms with Crippen LogP contribution in [0, 0.1) is 24.7 Å². The second-order valence-corrected chi connectivity index (χ2v) is 12.8. The molecule has 3 atom stereocenters. The Kier molecular flexibility index (Phi) is 8.40. The Bertz CT molecular complexity index is 1400. The molecule has 1 aliphatic carbocycles. The summed E-state index contributed by atoms with van der Waals surface area (Å²) in [5.74, 6) is 0.397. The molecule has 3 aromatic rings. The van der Waals surface area contributed by atoms with Gasteiger partial charge in [0.05, 0.1) is 11.6 Å². The zero-order chi connectivity index (χ0) is 28.3. The van der Waals surface area contributed by atoms with Crippen molar-refractivity contribution in [2.75, 3.05) is 38.1 Å². The van der Waals surface area contributed by atoms with Gasteiger partial charge in [0.1, 0.15) is 12.4 Å². The first-order valence-corrected chi connectivity index (χ1v) is 15.8. The quantitative estimate of drug-likeness (QED) is 0.304. The number of aromatic nitrogens is 1. The Hall–Kier alpha value is -3.23. The van der Waals surface area contributed by atoms with Gasteiger partial charge in [-0.3, -0.25) is 14.7 Å². The Balaban J connectivity index is 1.18. The van der Waals surface area contributed by atoms with E-state index in [0.29, 0.717) is 6.61 Å². The van der Waals surface area contributed by atoms with Crippen LogP contribution in [0.4, 0.5) is 5.13 Å². The third-order valence-corrected chi connectivity index (χ3v) is 9.91. The van der Waals surface area contributed by atoms with Crippen LogP contribution in [0.2, 0.25) is 0 Å². The fourth-order valence-electron chi connectivity index (χ4n) is 6.95. The van der Waals surface area contributed by atoms with Gasteiger partial charge in [0.2, 0.25) is 0 Å². The summed E-state index contributed by atoms with van der Waals surface area (Å²) >= 11 is 1.64. The number of carboxylic acids is 1. The summed E-state index contributed by atoms with van der Waals surface area (Å²) < 4.78 is 6.46. The summed E-state index contributed by atoms with van der Waals surface area (Å²) in [5, 5.41) is 12.8. The van der Waals surface area contributed by atoms with Crippen LogP contribution in [0.5, 0.6) is 5.75 Å². The number of fused-ring (bicyclic) bond motifs is 2. The Labute approximate surface area is 246 Å². The lowest BCUT2D eigenvalue weighted by Crippen LogP contribution is -2.44. The van der Waals surface area contributed by atoms with E-state index in [-0.39, 0.29) is 17.8 Å². The summed E-state index contributed by atoms with van der Waals surface area (Å²) in [7, 11) is 1.81. The maximum absolute atomic E-state index is 11.8. The van der Waals surface area contributed by atoms with Crippen molar-refractivity contribution in [3.05, 3.63) is 64.0 Å². The number of carbonyl (C=O) groups is 1.